The summed E-state index contributed by atoms with van der Waals surface area (Å²) in [7, 11) is 0. The van der Waals surface area contributed by atoms with Gasteiger partial charge < -0.3 is 9.47 Å². The summed E-state index contributed by atoms with van der Waals surface area (Å²) >= 11 is 0. The maximum Gasteiger partial charge on any atom is 0.0717 e. The molecule has 1 spiro atoms. The Bertz CT molecular complexity index is 845. The topological polar surface area (TPSA) is 36.3 Å². The molecule has 2 heterocycles. The van der Waals surface area contributed by atoms with Crippen LogP contribution in [0.5, 0.6) is 0 Å². The van der Waals surface area contributed by atoms with Gasteiger partial charge in [-0.1, -0.05) is 50.3 Å². The van der Waals surface area contributed by atoms with E-state index in [-0.39, 0.29) is 10.8 Å². The van der Waals surface area contributed by atoms with E-state index >= 15 is 0 Å². The van der Waals surface area contributed by atoms with Gasteiger partial charge in [-0.2, -0.15) is 5.10 Å². The molecule has 0 N–H and O–H groups in total. The highest BCUT2D eigenvalue weighted by Crippen LogP contribution is 2.42. The number of aryl methyl sites for hydroxylation is 1. The number of rotatable bonds is 7. The number of fused-ring (bicyclic) bond motifs is 1. The van der Waals surface area contributed by atoms with E-state index in [1.807, 2.05) is 6.07 Å². The smallest absolute Gasteiger partial charge is 0.0717 e. The number of nitrogens with zero attached hydrogens (tertiary/aromatic N) is 2. The first-order chi connectivity index (χ1) is 14.0. The average Bonchev–Trinajstić information content (AvgIpc) is 3.05. The van der Waals surface area contributed by atoms with Gasteiger partial charge in [-0.25, -0.2) is 0 Å². The van der Waals surface area contributed by atoms with Crippen LogP contribution in [0.2, 0.25) is 0 Å². The molecule has 1 fully saturated rings. The molecule has 0 unspecified atom stereocenters. The van der Waals surface area contributed by atoms with Crippen molar-refractivity contribution in [2.75, 3.05) is 19.8 Å². The van der Waals surface area contributed by atoms with Crippen LogP contribution in [0.15, 0.2) is 36.4 Å². The molecule has 1 aromatic heterocycles. The first kappa shape index (κ1) is 20.4. The van der Waals surface area contributed by atoms with E-state index in [1.165, 1.54) is 22.5 Å². The van der Waals surface area contributed by atoms with Crippen LogP contribution in [-0.2, 0) is 35.5 Å². The lowest BCUT2D eigenvalue weighted by Gasteiger charge is -2.37. The second-order valence-corrected chi connectivity index (χ2v) is 9.43. The summed E-state index contributed by atoms with van der Waals surface area (Å²) in [4.78, 5) is 0. The summed E-state index contributed by atoms with van der Waals surface area (Å²) in [5, 5.41) is 5.02. The predicted molar refractivity (Wildman–Crippen MR) is 117 cm³/mol. The molecule has 4 heteroatoms. The number of benzene rings is 1. The van der Waals surface area contributed by atoms with Crippen molar-refractivity contribution in [1.29, 1.82) is 0 Å². The average molecular weight is 395 g/mol. The molecule has 4 nitrogen and oxygen atoms in total. The predicted octanol–water partition coefficient (Wildman–Crippen LogP) is 5.05. The first-order valence-corrected chi connectivity index (χ1v) is 11.0. The molecular weight excluding hydrogens is 360 g/mol. The fraction of sp³-hybridized carbons (Fsp3) is 0.560. The Morgan fingerprint density at radius 3 is 2.66 bits per heavy atom. The van der Waals surface area contributed by atoms with E-state index in [0.29, 0.717) is 6.61 Å². The summed E-state index contributed by atoms with van der Waals surface area (Å²) in [5.74, 6) is 0. The molecule has 0 amide bonds. The Morgan fingerprint density at radius 1 is 1.17 bits per heavy atom. The van der Waals surface area contributed by atoms with Crippen molar-refractivity contribution in [3.05, 3.63) is 58.9 Å². The van der Waals surface area contributed by atoms with E-state index in [4.69, 9.17) is 14.6 Å². The van der Waals surface area contributed by atoms with Crippen LogP contribution in [-0.4, -0.2) is 29.6 Å². The van der Waals surface area contributed by atoms with Crippen LogP contribution in [0.4, 0.5) is 0 Å². The molecule has 2 aromatic rings. The van der Waals surface area contributed by atoms with Crippen molar-refractivity contribution in [3.8, 4) is 0 Å². The minimum atomic E-state index is 0.0411. The summed E-state index contributed by atoms with van der Waals surface area (Å²) in [5.41, 5.74) is 5.54. The number of ether oxygens (including phenoxy) is 2. The van der Waals surface area contributed by atoms with Gasteiger partial charge in [0, 0.05) is 25.3 Å². The quantitative estimate of drug-likeness (QED) is 0.659. The molecule has 0 saturated carbocycles. The highest BCUT2D eigenvalue weighted by atomic mass is 16.5. The minimum Gasteiger partial charge on any atom is -0.381 e. The first-order valence-electron chi connectivity index (χ1n) is 11.0. The van der Waals surface area contributed by atoms with E-state index in [2.05, 4.69) is 61.9 Å². The Balaban J connectivity index is 1.47. The second-order valence-electron chi connectivity index (χ2n) is 9.43. The third-order valence-corrected chi connectivity index (χ3v) is 6.34. The number of hydrogen-bond acceptors (Lipinski definition) is 3. The molecule has 1 saturated heterocycles. The van der Waals surface area contributed by atoms with Crippen molar-refractivity contribution in [2.45, 2.75) is 59.6 Å². The summed E-state index contributed by atoms with van der Waals surface area (Å²) in [6, 6.07) is 10.4. The van der Waals surface area contributed by atoms with Crippen molar-refractivity contribution in [3.63, 3.8) is 0 Å². The van der Waals surface area contributed by atoms with Gasteiger partial charge >= 0.3 is 0 Å². The summed E-state index contributed by atoms with van der Waals surface area (Å²) in [6.45, 7) is 10.8. The monoisotopic (exact) mass is 394 g/mol. The maximum absolute atomic E-state index is 6.08. The molecule has 0 radical (unpaired) electrons. The Hall–Kier alpha value is -1.91. The molecule has 1 aromatic carbocycles. The lowest BCUT2D eigenvalue weighted by atomic mass is 9.71. The summed E-state index contributed by atoms with van der Waals surface area (Å²) < 4.78 is 13.9. The normalized spacial score (nSPS) is 18.2. The third kappa shape index (κ3) is 4.65. The number of allylic oxidation sites excluding steroid dienone is 1. The van der Waals surface area contributed by atoms with Crippen molar-refractivity contribution in [1.82, 2.24) is 9.78 Å². The van der Waals surface area contributed by atoms with Crippen LogP contribution in [0.25, 0.3) is 6.08 Å². The lowest BCUT2D eigenvalue weighted by Crippen LogP contribution is -2.32. The molecule has 0 bridgehead atoms. The SMILES string of the molecule is CCn1nc(CC(C)(C)COCc2ccccc2)c2c1C=CC1(CCOCC1)C2. The molecule has 1 aliphatic carbocycles. The van der Waals surface area contributed by atoms with Crippen LogP contribution in [0.1, 0.15) is 56.1 Å². The zero-order valence-electron chi connectivity index (χ0n) is 18.1. The third-order valence-electron chi connectivity index (χ3n) is 6.34. The molecule has 156 valence electrons. The fourth-order valence-corrected chi connectivity index (χ4v) is 4.64. The van der Waals surface area contributed by atoms with E-state index in [1.54, 1.807) is 0 Å². The highest BCUT2D eigenvalue weighted by Gasteiger charge is 2.36. The van der Waals surface area contributed by atoms with Gasteiger partial charge in [0.25, 0.3) is 0 Å². The molecule has 4 rings (SSSR count). The van der Waals surface area contributed by atoms with Crippen LogP contribution >= 0.6 is 0 Å². The summed E-state index contributed by atoms with van der Waals surface area (Å²) in [6.07, 6.45) is 9.02. The van der Waals surface area contributed by atoms with E-state index < -0.39 is 0 Å². The highest BCUT2D eigenvalue weighted by molar-refractivity contribution is 5.56. The maximum atomic E-state index is 6.08. The van der Waals surface area contributed by atoms with Gasteiger partial charge in [-0.3, -0.25) is 4.68 Å². The largest absolute Gasteiger partial charge is 0.381 e. The van der Waals surface area contributed by atoms with Crippen molar-refractivity contribution in [2.24, 2.45) is 10.8 Å². The van der Waals surface area contributed by atoms with E-state index in [9.17, 15) is 0 Å². The number of aromatic nitrogens is 2. The van der Waals surface area contributed by atoms with Crippen LogP contribution < -0.4 is 0 Å². The fourth-order valence-electron chi connectivity index (χ4n) is 4.64. The van der Waals surface area contributed by atoms with Crippen molar-refractivity contribution >= 4 is 6.08 Å². The standard InChI is InChI=1S/C25H34N2O2/c1-4-27-23-10-11-25(12-14-28-15-13-25)16-21(23)22(26-27)17-24(2,3)19-29-18-20-8-6-5-7-9-20/h5-11H,4,12-19H2,1-3H3. The number of hydrogen-bond donors (Lipinski definition) is 0. The van der Waals surface area contributed by atoms with Gasteiger partial charge in [0.05, 0.1) is 24.6 Å². The zero-order valence-corrected chi connectivity index (χ0v) is 18.1. The second kappa shape index (κ2) is 8.45. The Kier molecular flexibility index (Phi) is 5.93. The lowest BCUT2D eigenvalue weighted by molar-refractivity contribution is 0.0367. The van der Waals surface area contributed by atoms with Gasteiger partial charge in [-0.15, -0.1) is 0 Å². The minimum absolute atomic E-state index is 0.0411. The molecular formula is C25H34N2O2. The zero-order chi connectivity index (χ0) is 20.3. The van der Waals surface area contributed by atoms with Gasteiger partial charge in [0.2, 0.25) is 0 Å². The molecule has 0 atom stereocenters. The molecule has 2 aliphatic rings. The van der Waals surface area contributed by atoms with Crippen LogP contribution in [0, 0.1) is 10.8 Å². The van der Waals surface area contributed by atoms with Gasteiger partial charge in [0.1, 0.15) is 0 Å². The molecule has 1 aliphatic heterocycles. The van der Waals surface area contributed by atoms with E-state index in [0.717, 1.165) is 52.0 Å². The van der Waals surface area contributed by atoms with Crippen LogP contribution in [0.3, 0.4) is 0 Å². The Morgan fingerprint density at radius 2 is 1.93 bits per heavy atom. The van der Waals surface area contributed by atoms with Gasteiger partial charge in [-0.05, 0) is 55.1 Å². The van der Waals surface area contributed by atoms with Gasteiger partial charge in [0.15, 0.2) is 0 Å². The molecule has 29 heavy (non-hydrogen) atoms. The Labute approximate surface area is 174 Å². The van der Waals surface area contributed by atoms with Crippen molar-refractivity contribution < 1.29 is 9.47 Å².